The fourth-order valence-corrected chi connectivity index (χ4v) is 0.290. The van der Waals surface area contributed by atoms with Gasteiger partial charge in [0.25, 0.3) is 0 Å². The lowest BCUT2D eigenvalue weighted by Gasteiger charge is -1.79. The van der Waals surface area contributed by atoms with Crippen LogP contribution in [-0.4, -0.2) is 5.97 Å². The van der Waals surface area contributed by atoms with Gasteiger partial charge in [-0.25, -0.2) is 0 Å². The average molecular weight is 148 g/mol. The van der Waals surface area contributed by atoms with Crippen LogP contribution >= 0.6 is 0 Å². The Kier molecular flexibility index (Phi) is 5.47. The molecule has 0 atom stereocenters. The summed E-state index contributed by atoms with van der Waals surface area (Å²) in [4.78, 5) is 10.1. The van der Waals surface area contributed by atoms with E-state index in [2.05, 4.69) is 35.2 Å². The smallest absolute Gasteiger partial charge is 0.316 e. The fourth-order valence-electron chi connectivity index (χ4n) is 0.290. The quantitative estimate of drug-likeness (QED) is 0.316. The normalized spacial score (nSPS) is 6.27. The predicted molar refractivity (Wildman–Crippen MR) is 42.1 cm³/mol. The number of hydrogen-bond acceptors (Lipinski definition) is 2. The number of carbonyl (C=O) groups is 1. The minimum Gasteiger partial charge on any atom is -0.371 e. The van der Waals surface area contributed by atoms with Crippen LogP contribution in [0.3, 0.4) is 0 Å². The average Bonchev–Trinajstić information content (AvgIpc) is 1.96. The Labute approximate surface area is 66.2 Å². The molecule has 56 valence electrons. The summed E-state index contributed by atoms with van der Waals surface area (Å²) >= 11 is 0. The van der Waals surface area contributed by atoms with Crippen LogP contribution in [0.15, 0.2) is 12.7 Å². The minimum absolute atomic E-state index is 0.428. The second-order valence-electron chi connectivity index (χ2n) is 1.62. The highest BCUT2D eigenvalue weighted by Gasteiger charge is 1.81. The topological polar surface area (TPSA) is 26.3 Å². The standard InChI is InChI=1S/C9H8O2/c1-3-4-5-6-7-8-11-9(2)10/h3H,1,4H2,2H3. The van der Waals surface area contributed by atoms with Crippen molar-refractivity contribution in [2.45, 2.75) is 13.3 Å². The number of hydrogen-bond donors (Lipinski definition) is 0. The van der Waals surface area contributed by atoms with E-state index in [1.165, 1.54) is 6.92 Å². The molecule has 0 saturated carbocycles. The van der Waals surface area contributed by atoms with Crippen molar-refractivity contribution in [3.8, 4) is 23.9 Å². The Morgan fingerprint density at radius 3 is 2.91 bits per heavy atom. The third-order valence-corrected chi connectivity index (χ3v) is 0.643. The molecule has 0 unspecified atom stereocenters. The van der Waals surface area contributed by atoms with E-state index >= 15 is 0 Å². The van der Waals surface area contributed by atoms with Crippen molar-refractivity contribution in [2.24, 2.45) is 0 Å². The molecule has 0 fully saturated rings. The zero-order valence-corrected chi connectivity index (χ0v) is 6.31. The molecule has 0 heterocycles. The number of esters is 1. The first-order valence-corrected chi connectivity index (χ1v) is 3.03. The van der Waals surface area contributed by atoms with Gasteiger partial charge in [0.05, 0.1) is 0 Å². The second-order valence-corrected chi connectivity index (χ2v) is 1.62. The summed E-state index contributed by atoms with van der Waals surface area (Å²) in [6.07, 6.45) is 4.40. The van der Waals surface area contributed by atoms with Crippen LogP contribution in [-0.2, 0) is 9.53 Å². The summed E-state index contributed by atoms with van der Waals surface area (Å²) in [6.45, 7) is 4.75. The molecule has 0 aliphatic rings. The Bertz CT molecular complexity index is 255. The van der Waals surface area contributed by atoms with Gasteiger partial charge in [-0.05, 0) is 5.92 Å². The van der Waals surface area contributed by atoms with Crippen LogP contribution < -0.4 is 0 Å². The molecule has 0 aromatic rings. The van der Waals surface area contributed by atoms with Crippen molar-refractivity contribution in [2.75, 3.05) is 0 Å². The highest BCUT2D eigenvalue weighted by atomic mass is 16.5. The lowest BCUT2D eigenvalue weighted by Crippen LogP contribution is -1.89. The van der Waals surface area contributed by atoms with Crippen molar-refractivity contribution in [1.82, 2.24) is 0 Å². The SMILES string of the molecule is C=CCC#CC#COC(C)=O. The number of rotatable bonds is 1. The van der Waals surface area contributed by atoms with Crippen molar-refractivity contribution in [3.63, 3.8) is 0 Å². The molecular weight excluding hydrogens is 140 g/mol. The number of allylic oxidation sites excluding steroid dienone is 1. The van der Waals surface area contributed by atoms with Gasteiger partial charge >= 0.3 is 5.97 Å². The van der Waals surface area contributed by atoms with Crippen molar-refractivity contribution >= 4 is 5.97 Å². The highest BCUT2D eigenvalue weighted by molar-refractivity contribution is 5.67. The molecule has 0 bridgehead atoms. The minimum atomic E-state index is -0.428. The van der Waals surface area contributed by atoms with Gasteiger partial charge in [0.2, 0.25) is 0 Å². The fraction of sp³-hybridized carbons (Fsp3) is 0.222. The molecule has 0 aliphatic heterocycles. The Morgan fingerprint density at radius 1 is 1.64 bits per heavy atom. The lowest BCUT2D eigenvalue weighted by molar-refractivity contribution is -0.134. The summed E-state index contributed by atoms with van der Waals surface area (Å²) in [5.74, 6) is 7.08. The van der Waals surface area contributed by atoms with Crippen LogP contribution in [0.5, 0.6) is 0 Å². The molecule has 11 heavy (non-hydrogen) atoms. The molecule has 0 aliphatic carbocycles. The summed E-state index contributed by atoms with van der Waals surface area (Å²) in [5, 5.41) is 0. The molecule has 2 heteroatoms. The highest BCUT2D eigenvalue weighted by Crippen LogP contribution is 1.72. The van der Waals surface area contributed by atoms with Crippen LogP contribution in [0, 0.1) is 23.9 Å². The first-order chi connectivity index (χ1) is 5.27. The maximum atomic E-state index is 10.1. The zero-order valence-electron chi connectivity index (χ0n) is 6.31. The van der Waals surface area contributed by atoms with E-state index in [-0.39, 0.29) is 0 Å². The van der Waals surface area contributed by atoms with Gasteiger partial charge < -0.3 is 4.74 Å². The van der Waals surface area contributed by atoms with Gasteiger partial charge in [-0.2, -0.15) is 0 Å². The molecule has 2 nitrogen and oxygen atoms in total. The van der Waals surface area contributed by atoms with E-state index in [1.807, 2.05) is 0 Å². The van der Waals surface area contributed by atoms with E-state index in [1.54, 1.807) is 6.08 Å². The first kappa shape index (κ1) is 9.33. The molecule has 0 aromatic heterocycles. The summed E-state index contributed by atoms with van der Waals surface area (Å²) in [7, 11) is 0. The van der Waals surface area contributed by atoms with E-state index in [0.717, 1.165) is 0 Å². The first-order valence-electron chi connectivity index (χ1n) is 3.03. The molecule has 0 amide bonds. The van der Waals surface area contributed by atoms with Gasteiger partial charge in [-0.15, -0.1) is 6.58 Å². The molecule has 0 spiro atoms. The summed E-state index contributed by atoms with van der Waals surface area (Å²) in [5.41, 5.74) is 0. The Balaban J connectivity index is 3.65. The molecule has 0 saturated heterocycles. The van der Waals surface area contributed by atoms with E-state index < -0.39 is 5.97 Å². The van der Waals surface area contributed by atoms with Crippen molar-refractivity contribution < 1.29 is 9.53 Å². The number of carbonyl (C=O) groups excluding carboxylic acids is 1. The van der Waals surface area contributed by atoms with E-state index in [9.17, 15) is 4.79 Å². The molecule has 0 N–H and O–H groups in total. The van der Waals surface area contributed by atoms with Gasteiger partial charge in [-0.3, -0.25) is 4.79 Å². The summed E-state index contributed by atoms with van der Waals surface area (Å²) < 4.78 is 4.29. The third-order valence-electron chi connectivity index (χ3n) is 0.643. The van der Waals surface area contributed by atoms with Crippen molar-refractivity contribution in [3.05, 3.63) is 12.7 Å². The number of ether oxygens (including phenoxy) is 1. The Morgan fingerprint density at radius 2 is 2.36 bits per heavy atom. The molecule has 0 rings (SSSR count). The Hall–Kier alpha value is -1.67. The lowest BCUT2D eigenvalue weighted by atomic mass is 10.4. The monoisotopic (exact) mass is 148 g/mol. The van der Waals surface area contributed by atoms with Gasteiger partial charge in [0, 0.05) is 19.3 Å². The van der Waals surface area contributed by atoms with E-state index in [0.29, 0.717) is 6.42 Å². The van der Waals surface area contributed by atoms with Crippen LogP contribution in [0.25, 0.3) is 0 Å². The maximum absolute atomic E-state index is 10.1. The van der Waals surface area contributed by atoms with Crippen LogP contribution in [0.1, 0.15) is 13.3 Å². The second kappa shape index (κ2) is 6.45. The molecular formula is C9H8O2. The summed E-state index contributed by atoms with van der Waals surface area (Å²) in [6, 6.07) is 0. The zero-order chi connectivity index (χ0) is 8.53. The van der Waals surface area contributed by atoms with Crippen LogP contribution in [0.2, 0.25) is 0 Å². The molecule has 0 radical (unpaired) electrons. The van der Waals surface area contributed by atoms with Crippen molar-refractivity contribution in [1.29, 1.82) is 0 Å². The molecule has 0 aromatic carbocycles. The predicted octanol–water partition coefficient (Wildman–Crippen LogP) is 1.09. The van der Waals surface area contributed by atoms with Gasteiger partial charge in [0.1, 0.15) is 6.11 Å². The van der Waals surface area contributed by atoms with Gasteiger partial charge in [-0.1, -0.05) is 12.0 Å². The third kappa shape index (κ3) is 8.33. The van der Waals surface area contributed by atoms with Crippen LogP contribution in [0.4, 0.5) is 0 Å². The van der Waals surface area contributed by atoms with Gasteiger partial charge in [0.15, 0.2) is 0 Å². The maximum Gasteiger partial charge on any atom is 0.316 e. The van der Waals surface area contributed by atoms with E-state index in [4.69, 9.17) is 0 Å². The largest absolute Gasteiger partial charge is 0.371 e.